The van der Waals surface area contributed by atoms with Gasteiger partial charge >= 0.3 is 0 Å². The van der Waals surface area contributed by atoms with E-state index in [0.29, 0.717) is 0 Å². The van der Waals surface area contributed by atoms with Crippen LogP contribution in [0.4, 0.5) is 0 Å². The maximum absolute atomic E-state index is 10.4. The number of carbonyl (C=O) groups excluding carboxylic acids is 1. The molecule has 0 aromatic rings. The van der Waals surface area contributed by atoms with E-state index in [1.807, 2.05) is 13.8 Å². The summed E-state index contributed by atoms with van der Waals surface area (Å²) in [5.41, 5.74) is -0.210. The van der Waals surface area contributed by atoms with E-state index in [-0.39, 0.29) is 5.54 Å². The van der Waals surface area contributed by atoms with Crippen LogP contribution < -0.4 is 0 Å². The molecule has 1 aliphatic rings. The lowest BCUT2D eigenvalue weighted by Gasteiger charge is -2.40. The quantitative estimate of drug-likeness (QED) is 0.508. The zero-order valence-corrected chi connectivity index (χ0v) is 6.05. The molecular formula is C7H13NO. The van der Waals surface area contributed by atoms with E-state index in [2.05, 4.69) is 4.90 Å². The lowest BCUT2D eigenvalue weighted by Crippen LogP contribution is -2.52. The Morgan fingerprint density at radius 2 is 2.00 bits per heavy atom. The number of likely N-dealkylation sites (tertiary alicyclic amines) is 1. The Kier molecular flexibility index (Phi) is 1.58. The Morgan fingerprint density at radius 3 is 2.11 bits per heavy atom. The van der Waals surface area contributed by atoms with Crippen LogP contribution in [0.5, 0.6) is 0 Å². The maximum Gasteiger partial charge on any atom is 0.139 e. The second-order valence-electron chi connectivity index (χ2n) is 3.11. The molecule has 0 atom stereocenters. The van der Waals surface area contributed by atoms with Gasteiger partial charge in [-0.15, -0.1) is 0 Å². The van der Waals surface area contributed by atoms with Crippen LogP contribution in [0, 0.1) is 0 Å². The number of nitrogens with zero attached hydrogens (tertiary/aromatic N) is 1. The van der Waals surface area contributed by atoms with Crippen LogP contribution in [-0.2, 0) is 4.79 Å². The Bertz CT molecular complexity index is 116. The van der Waals surface area contributed by atoms with Crippen LogP contribution in [0.3, 0.4) is 0 Å². The van der Waals surface area contributed by atoms with Crippen molar-refractivity contribution in [2.75, 3.05) is 13.1 Å². The number of hydrogen-bond donors (Lipinski definition) is 0. The van der Waals surface area contributed by atoms with Crippen molar-refractivity contribution in [2.24, 2.45) is 0 Å². The molecule has 0 aliphatic carbocycles. The van der Waals surface area contributed by atoms with E-state index < -0.39 is 0 Å². The Morgan fingerprint density at radius 1 is 1.44 bits per heavy atom. The van der Waals surface area contributed by atoms with Gasteiger partial charge in [-0.1, -0.05) is 0 Å². The van der Waals surface area contributed by atoms with Gasteiger partial charge in [-0.3, -0.25) is 4.90 Å². The Labute approximate surface area is 55.8 Å². The van der Waals surface area contributed by atoms with Gasteiger partial charge in [0.25, 0.3) is 0 Å². The fourth-order valence-corrected chi connectivity index (χ4v) is 0.967. The first-order chi connectivity index (χ1) is 4.17. The number of carbonyl (C=O) groups is 1. The molecule has 1 saturated heterocycles. The van der Waals surface area contributed by atoms with Crippen molar-refractivity contribution >= 4 is 6.29 Å². The second kappa shape index (κ2) is 2.10. The minimum Gasteiger partial charge on any atom is -0.301 e. The van der Waals surface area contributed by atoms with Crippen molar-refractivity contribution in [3.8, 4) is 0 Å². The van der Waals surface area contributed by atoms with Gasteiger partial charge < -0.3 is 4.79 Å². The van der Waals surface area contributed by atoms with Gasteiger partial charge in [0.15, 0.2) is 0 Å². The highest BCUT2D eigenvalue weighted by Gasteiger charge is 2.29. The van der Waals surface area contributed by atoms with Crippen LogP contribution in [0.1, 0.15) is 20.3 Å². The standard InChI is InChI=1S/C7H13NO/c1-7(2,6-9)8-4-3-5-8/h6H,3-5H2,1-2H3. The van der Waals surface area contributed by atoms with Gasteiger partial charge in [0.2, 0.25) is 0 Å². The van der Waals surface area contributed by atoms with Crippen molar-refractivity contribution in [1.29, 1.82) is 0 Å². The van der Waals surface area contributed by atoms with Gasteiger partial charge in [-0.2, -0.15) is 0 Å². The average molecular weight is 127 g/mol. The minimum atomic E-state index is -0.210. The molecule has 0 aromatic carbocycles. The molecule has 2 heteroatoms. The third-order valence-electron chi connectivity index (χ3n) is 1.96. The first kappa shape index (κ1) is 6.75. The summed E-state index contributed by atoms with van der Waals surface area (Å²) in [5.74, 6) is 0. The normalized spacial score (nSPS) is 21.1. The number of rotatable bonds is 2. The third kappa shape index (κ3) is 1.13. The SMILES string of the molecule is CC(C)(C=O)N1CCC1. The summed E-state index contributed by atoms with van der Waals surface area (Å²) in [6.45, 7) is 6.09. The Balaban J connectivity index is 2.46. The molecule has 0 spiro atoms. The van der Waals surface area contributed by atoms with Crippen molar-refractivity contribution in [1.82, 2.24) is 4.90 Å². The summed E-state index contributed by atoms with van der Waals surface area (Å²) in [5, 5.41) is 0. The first-order valence-corrected chi connectivity index (χ1v) is 3.38. The van der Waals surface area contributed by atoms with Crippen LogP contribution in [0.15, 0.2) is 0 Å². The first-order valence-electron chi connectivity index (χ1n) is 3.38. The number of aldehydes is 1. The lowest BCUT2D eigenvalue weighted by molar-refractivity contribution is -0.119. The molecule has 0 amide bonds. The second-order valence-corrected chi connectivity index (χ2v) is 3.11. The highest BCUT2D eigenvalue weighted by molar-refractivity contribution is 5.62. The predicted molar refractivity (Wildman–Crippen MR) is 36.3 cm³/mol. The summed E-state index contributed by atoms with van der Waals surface area (Å²) >= 11 is 0. The van der Waals surface area contributed by atoms with Crippen molar-refractivity contribution in [2.45, 2.75) is 25.8 Å². The summed E-state index contributed by atoms with van der Waals surface area (Å²) in [4.78, 5) is 12.6. The highest BCUT2D eigenvalue weighted by atomic mass is 16.1. The largest absolute Gasteiger partial charge is 0.301 e. The molecule has 1 fully saturated rings. The molecule has 0 radical (unpaired) electrons. The van der Waals surface area contributed by atoms with E-state index in [9.17, 15) is 4.79 Å². The van der Waals surface area contributed by atoms with E-state index in [1.54, 1.807) is 0 Å². The van der Waals surface area contributed by atoms with E-state index in [0.717, 1.165) is 19.4 Å². The summed E-state index contributed by atoms with van der Waals surface area (Å²) in [6.07, 6.45) is 2.27. The Hall–Kier alpha value is -0.370. The van der Waals surface area contributed by atoms with E-state index >= 15 is 0 Å². The van der Waals surface area contributed by atoms with Crippen LogP contribution in [0.25, 0.3) is 0 Å². The maximum atomic E-state index is 10.4. The van der Waals surface area contributed by atoms with Gasteiger partial charge in [0.05, 0.1) is 5.54 Å². The monoisotopic (exact) mass is 127 g/mol. The molecule has 1 aliphatic heterocycles. The fourth-order valence-electron chi connectivity index (χ4n) is 0.967. The zero-order chi connectivity index (χ0) is 6.91. The third-order valence-corrected chi connectivity index (χ3v) is 1.96. The smallest absolute Gasteiger partial charge is 0.139 e. The molecule has 0 saturated carbocycles. The van der Waals surface area contributed by atoms with Gasteiger partial charge in [0.1, 0.15) is 6.29 Å². The molecular weight excluding hydrogens is 114 g/mol. The highest BCUT2D eigenvalue weighted by Crippen LogP contribution is 2.18. The predicted octanol–water partition coefficient (Wildman–Crippen LogP) is 0.670. The molecule has 0 unspecified atom stereocenters. The van der Waals surface area contributed by atoms with Crippen LogP contribution >= 0.6 is 0 Å². The molecule has 0 N–H and O–H groups in total. The molecule has 2 nitrogen and oxygen atoms in total. The van der Waals surface area contributed by atoms with Crippen LogP contribution in [-0.4, -0.2) is 29.8 Å². The van der Waals surface area contributed by atoms with Gasteiger partial charge in [-0.05, 0) is 20.3 Å². The van der Waals surface area contributed by atoms with Gasteiger partial charge in [0, 0.05) is 13.1 Å². The summed E-state index contributed by atoms with van der Waals surface area (Å²) in [6, 6.07) is 0. The molecule has 1 heterocycles. The zero-order valence-electron chi connectivity index (χ0n) is 6.05. The fraction of sp³-hybridized carbons (Fsp3) is 0.857. The van der Waals surface area contributed by atoms with E-state index in [4.69, 9.17) is 0 Å². The summed E-state index contributed by atoms with van der Waals surface area (Å²) in [7, 11) is 0. The molecule has 0 bridgehead atoms. The minimum absolute atomic E-state index is 0.210. The topological polar surface area (TPSA) is 20.3 Å². The van der Waals surface area contributed by atoms with E-state index in [1.165, 1.54) is 6.42 Å². The van der Waals surface area contributed by atoms with Crippen molar-refractivity contribution in [3.05, 3.63) is 0 Å². The lowest BCUT2D eigenvalue weighted by atomic mass is 10.0. The molecule has 1 rings (SSSR count). The van der Waals surface area contributed by atoms with Crippen molar-refractivity contribution < 1.29 is 4.79 Å². The van der Waals surface area contributed by atoms with Crippen LogP contribution in [0.2, 0.25) is 0 Å². The number of hydrogen-bond acceptors (Lipinski definition) is 2. The van der Waals surface area contributed by atoms with Gasteiger partial charge in [-0.25, -0.2) is 0 Å². The molecule has 9 heavy (non-hydrogen) atoms. The average Bonchev–Trinajstić information content (AvgIpc) is 1.60. The van der Waals surface area contributed by atoms with Crippen molar-refractivity contribution in [3.63, 3.8) is 0 Å². The molecule has 52 valence electrons. The molecule has 0 aromatic heterocycles. The summed E-state index contributed by atoms with van der Waals surface area (Å²) < 4.78 is 0.